The maximum atomic E-state index is 13.0. The number of hydrogen-bond donors (Lipinski definition) is 1. The second kappa shape index (κ2) is 8.63. The van der Waals surface area contributed by atoms with Crippen LogP contribution in [0.5, 0.6) is 11.5 Å². The monoisotopic (exact) mass is 451 g/mol. The van der Waals surface area contributed by atoms with Gasteiger partial charge in [0.05, 0.1) is 31.5 Å². The summed E-state index contributed by atoms with van der Waals surface area (Å²) in [6, 6.07) is 9.64. The summed E-state index contributed by atoms with van der Waals surface area (Å²) < 4.78 is 54.3. The predicted octanol–water partition coefficient (Wildman–Crippen LogP) is 3.62. The first-order chi connectivity index (χ1) is 15.2. The quantitative estimate of drug-likeness (QED) is 0.752. The van der Waals surface area contributed by atoms with Crippen LogP contribution < -0.4 is 9.47 Å². The first-order valence-electron chi connectivity index (χ1n) is 10.3. The minimum absolute atomic E-state index is 0.182. The van der Waals surface area contributed by atoms with Crippen molar-refractivity contribution in [1.29, 1.82) is 0 Å². The average Bonchev–Trinajstić information content (AvgIpc) is 2.77. The molecule has 0 atom stereocenters. The van der Waals surface area contributed by atoms with Crippen LogP contribution in [0.2, 0.25) is 0 Å². The minimum atomic E-state index is -4.38. The number of hydrogen-bond acceptors (Lipinski definition) is 5. The summed E-state index contributed by atoms with van der Waals surface area (Å²) in [5.41, 5.74) is -0.728. The zero-order valence-corrected chi connectivity index (χ0v) is 17.5. The van der Waals surface area contributed by atoms with Gasteiger partial charge in [-0.2, -0.15) is 13.2 Å². The highest BCUT2D eigenvalue weighted by Crippen LogP contribution is 2.34. The third-order valence-electron chi connectivity index (χ3n) is 5.86. The van der Waals surface area contributed by atoms with Crippen LogP contribution in [0, 0.1) is 0 Å². The lowest BCUT2D eigenvalue weighted by Crippen LogP contribution is -2.46. The fourth-order valence-electron chi connectivity index (χ4n) is 3.88. The fourth-order valence-corrected chi connectivity index (χ4v) is 3.88. The van der Waals surface area contributed by atoms with E-state index in [9.17, 15) is 23.1 Å². The van der Waals surface area contributed by atoms with Crippen molar-refractivity contribution in [2.75, 3.05) is 33.4 Å². The van der Waals surface area contributed by atoms with E-state index in [1.807, 2.05) is 0 Å². The van der Waals surface area contributed by atoms with E-state index in [-0.39, 0.29) is 25.2 Å². The van der Waals surface area contributed by atoms with Gasteiger partial charge in [-0.1, -0.05) is 6.07 Å². The van der Waals surface area contributed by atoms with Gasteiger partial charge in [-0.15, -0.1) is 0 Å². The van der Waals surface area contributed by atoms with Gasteiger partial charge in [0.2, 0.25) is 0 Å². The van der Waals surface area contributed by atoms with Crippen molar-refractivity contribution in [2.45, 2.75) is 30.7 Å². The highest BCUT2D eigenvalue weighted by molar-refractivity contribution is 5.97. The van der Waals surface area contributed by atoms with Crippen molar-refractivity contribution in [2.24, 2.45) is 0 Å². The Morgan fingerprint density at radius 1 is 1.12 bits per heavy atom. The molecule has 4 rings (SSSR count). The summed E-state index contributed by atoms with van der Waals surface area (Å²) in [6.45, 7) is 1.31. The number of carbonyl (C=O) groups is 1. The number of amides is 1. The minimum Gasteiger partial charge on any atom is -0.496 e. The van der Waals surface area contributed by atoms with Gasteiger partial charge in [0.1, 0.15) is 23.2 Å². The molecule has 172 valence electrons. The molecular formula is C23H24F3NO5. The summed E-state index contributed by atoms with van der Waals surface area (Å²) in [5.74, 6) is 0.576. The molecule has 32 heavy (non-hydrogen) atoms. The summed E-state index contributed by atoms with van der Waals surface area (Å²) in [7, 11) is 1.47. The molecule has 0 unspecified atom stereocenters. The van der Waals surface area contributed by atoms with E-state index in [4.69, 9.17) is 14.2 Å². The molecule has 2 saturated heterocycles. The van der Waals surface area contributed by atoms with Gasteiger partial charge in [-0.25, -0.2) is 0 Å². The third kappa shape index (κ3) is 4.54. The number of likely N-dealkylation sites (tertiary alicyclic amines) is 1. The van der Waals surface area contributed by atoms with E-state index < -0.39 is 17.3 Å². The summed E-state index contributed by atoms with van der Waals surface area (Å²) in [4.78, 5) is 14.7. The molecule has 9 heteroatoms. The number of alkyl halides is 3. The maximum Gasteiger partial charge on any atom is 0.416 e. The molecule has 2 aliphatic rings. The highest BCUT2D eigenvalue weighted by Gasteiger charge is 2.39. The van der Waals surface area contributed by atoms with Crippen molar-refractivity contribution < 1.29 is 37.3 Å². The standard InChI is InChI=1S/C23H24F3NO5/c1-30-20-12-16(22(29)13-31-14-22)4-7-19(20)21(28)27-10-8-18(9-11-27)32-17-5-2-15(3-6-17)23(24,25)26/h2-7,12,18,29H,8-11,13-14H2,1H3. The van der Waals surface area contributed by atoms with E-state index in [1.165, 1.54) is 19.2 Å². The molecule has 0 radical (unpaired) electrons. The van der Waals surface area contributed by atoms with E-state index in [2.05, 4.69) is 0 Å². The highest BCUT2D eigenvalue weighted by atomic mass is 19.4. The molecule has 0 aliphatic carbocycles. The van der Waals surface area contributed by atoms with Gasteiger partial charge < -0.3 is 24.2 Å². The van der Waals surface area contributed by atoms with Crippen LogP contribution in [0.4, 0.5) is 13.2 Å². The lowest BCUT2D eigenvalue weighted by molar-refractivity contribution is -0.184. The topological polar surface area (TPSA) is 68.2 Å². The molecule has 0 aromatic heterocycles. The van der Waals surface area contributed by atoms with Crippen LogP contribution in [-0.4, -0.2) is 55.4 Å². The number of methoxy groups -OCH3 is 1. The van der Waals surface area contributed by atoms with Crippen molar-refractivity contribution >= 4 is 5.91 Å². The first-order valence-corrected chi connectivity index (χ1v) is 10.3. The Morgan fingerprint density at radius 3 is 2.31 bits per heavy atom. The van der Waals surface area contributed by atoms with Gasteiger partial charge in [0.15, 0.2) is 0 Å². The van der Waals surface area contributed by atoms with Crippen molar-refractivity contribution in [1.82, 2.24) is 4.90 Å². The molecule has 1 N–H and O–H groups in total. The number of aliphatic hydroxyl groups is 1. The van der Waals surface area contributed by atoms with Crippen LogP contribution in [0.25, 0.3) is 0 Å². The largest absolute Gasteiger partial charge is 0.496 e. The maximum absolute atomic E-state index is 13.0. The van der Waals surface area contributed by atoms with E-state index in [0.717, 1.165) is 12.1 Å². The van der Waals surface area contributed by atoms with Crippen molar-refractivity contribution in [3.63, 3.8) is 0 Å². The Bertz CT molecular complexity index is 965. The number of carbonyl (C=O) groups excluding carboxylic acids is 1. The molecule has 0 saturated carbocycles. The molecule has 2 heterocycles. The molecule has 2 aromatic rings. The third-order valence-corrected chi connectivity index (χ3v) is 5.86. The number of halogens is 3. The first kappa shape index (κ1) is 22.4. The van der Waals surface area contributed by atoms with E-state index in [0.29, 0.717) is 48.6 Å². The molecule has 2 fully saturated rings. The predicted molar refractivity (Wildman–Crippen MR) is 109 cm³/mol. The number of piperidine rings is 1. The van der Waals surface area contributed by atoms with Crippen LogP contribution in [0.1, 0.15) is 34.3 Å². The normalized spacial score (nSPS) is 18.7. The van der Waals surface area contributed by atoms with Gasteiger partial charge in [0.25, 0.3) is 5.91 Å². The Kier molecular flexibility index (Phi) is 6.05. The van der Waals surface area contributed by atoms with Crippen LogP contribution in [0.3, 0.4) is 0 Å². The molecule has 6 nitrogen and oxygen atoms in total. The van der Waals surface area contributed by atoms with Crippen LogP contribution >= 0.6 is 0 Å². The average molecular weight is 451 g/mol. The van der Waals surface area contributed by atoms with Crippen molar-refractivity contribution in [3.8, 4) is 11.5 Å². The van der Waals surface area contributed by atoms with Crippen LogP contribution in [-0.2, 0) is 16.5 Å². The zero-order chi connectivity index (χ0) is 22.9. The Labute approximate surface area is 183 Å². The van der Waals surface area contributed by atoms with Gasteiger partial charge in [-0.05, 0) is 42.0 Å². The molecule has 0 bridgehead atoms. The number of rotatable bonds is 5. The van der Waals surface area contributed by atoms with Gasteiger partial charge in [-0.3, -0.25) is 4.79 Å². The Balaban J connectivity index is 1.36. The van der Waals surface area contributed by atoms with E-state index in [1.54, 1.807) is 23.1 Å². The molecule has 0 spiro atoms. The van der Waals surface area contributed by atoms with E-state index >= 15 is 0 Å². The molecule has 2 aliphatic heterocycles. The lowest BCUT2D eigenvalue weighted by Gasteiger charge is -2.37. The van der Waals surface area contributed by atoms with Crippen LogP contribution in [0.15, 0.2) is 42.5 Å². The second-order valence-electron chi connectivity index (χ2n) is 8.07. The Morgan fingerprint density at radius 2 is 1.78 bits per heavy atom. The number of benzene rings is 2. The van der Waals surface area contributed by atoms with Gasteiger partial charge >= 0.3 is 6.18 Å². The smallest absolute Gasteiger partial charge is 0.416 e. The molecular weight excluding hydrogens is 427 g/mol. The summed E-state index contributed by atoms with van der Waals surface area (Å²) in [6.07, 6.45) is -3.45. The number of ether oxygens (including phenoxy) is 3. The molecule has 1 amide bonds. The molecule has 2 aromatic carbocycles. The Hall–Kier alpha value is -2.78. The SMILES string of the molecule is COc1cc(C2(O)COC2)ccc1C(=O)N1CCC(Oc2ccc(C(F)(F)F)cc2)CC1. The van der Waals surface area contributed by atoms with Gasteiger partial charge in [0, 0.05) is 25.9 Å². The summed E-state index contributed by atoms with van der Waals surface area (Å²) in [5, 5.41) is 10.4. The fraction of sp³-hybridized carbons (Fsp3) is 0.435. The lowest BCUT2D eigenvalue weighted by atomic mass is 9.91. The van der Waals surface area contributed by atoms with Crippen molar-refractivity contribution in [3.05, 3.63) is 59.2 Å². The number of nitrogens with zero attached hydrogens (tertiary/aromatic N) is 1. The summed E-state index contributed by atoms with van der Waals surface area (Å²) >= 11 is 0. The second-order valence-corrected chi connectivity index (χ2v) is 8.07. The zero-order valence-electron chi connectivity index (χ0n) is 17.5.